The Morgan fingerprint density at radius 3 is 2.75 bits per heavy atom. The number of hydrogen-bond donors (Lipinski definition) is 2. The van der Waals surface area contributed by atoms with Crippen molar-refractivity contribution in [3.8, 4) is 0 Å². The average Bonchev–Trinajstić information content (AvgIpc) is 2.64. The fourth-order valence-electron chi connectivity index (χ4n) is 1.62. The van der Waals surface area contributed by atoms with Crippen molar-refractivity contribution in [2.45, 2.75) is 39.8 Å². The Kier molecular flexibility index (Phi) is 5.49. The molecule has 0 spiro atoms. The van der Waals surface area contributed by atoms with E-state index in [0.717, 1.165) is 26.1 Å². The number of nitrogens with zero attached hydrogens (tertiary/aromatic N) is 2. The van der Waals surface area contributed by atoms with Crippen molar-refractivity contribution in [3.05, 3.63) is 17.5 Å². The molecule has 0 aliphatic heterocycles. The molecule has 4 heteroatoms. The van der Waals surface area contributed by atoms with Crippen LogP contribution in [0.25, 0.3) is 0 Å². The Morgan fingerprint density at radius 1 is 1.44 bits per heavy atom. The van der Waals surface area contributed by atoms with Gasteiger partial charge in [-0.15, -0.1) is 0 Å². The SMILES string of the molecule is CCNCC(C)NCc1cc(CC)nn1C. The molecule has 1 unspecified atom stereocenters. The molecule has 1 rings (SSSR count). The minimum atomic E-state index is 0.486. The van der Waals surface area contributed by atoms with E-state index in [1.807, 2.05) is 11.7 Å². The highest BCUT2D eigenvalue weighted by Crippen LogP contribution is 2.03. The zero-order chi connectivity index (χ0) is 12.0. The van der Waals surface area contributed by atoms with Gasteiger partial charge in [-0.25, -0.2) is 0 Å². The van der Waals surface area contributed by atoms with Gasteiger partial charge < -0.3 is 10.6 Å². The largest absolute Gasteiger partial charge is 0.315 e. The predicted octanol–water partition coefficient (Wildman–Crippen LogP) is 1.07. The van der Waals surface area contributed by atoms with Crippen LogP contribution in [0.5, 0.6) is 0 Å². The van der Waals surface area contributed by atoms with Crippen molar-refractivity contribution in [3.63, 3.8) is 0 Å². The smallest absolute Gasteiger partial charge is 0.0625 e. The first-order chi connectivity index (χ1) is 7.67. The van der Waals surface area contributed by atoms with Gasteiger partial charge in [0.2, 0.25) is 0 Å². The van der Waals surface area contributed by atoms with Gasteiger partial charge in [0.15, 0.2) is 0 Å². The Balaban J connectivity index is 2.38. The average molecular weight is 224 g/mol. The molecule has 0 aliphatic rings. The zero-order valence-corrected chi connectivity index (χ0v) is 10.9. The van der Waals surface area contributed by atoms with Crippen LogP contribution in [-0.4, -0.2) is 28.9 Å². The minimum Gasteiger partial charge on any atom is -0.315 e. The molecule has 0 fully saturated rings. The first kappa shape index (κ1) is 13.2. The maximum atomic E-state index is 4.43. The van der Waals surface area contributed by atoms with E-state index in [2.05, 4.69) is 42.6 Å². The van der Waals surface area contributed by atoms with Crippen molar-refractivity contribution >= 4 is 0 Å². The Bertz CT molecular complexity index is 306. The zero-order valence-electron chi connectivity index (χ0n) is 10.9. The van der Waals surface area contributed by atoms with E-state index >= 15 is 0 Å². The molecular weight excluding hydrogens is 200 g/mol. The lowest BCUT2D eigenvalue weighted by Crippen LogP contribution is -2.36. The molecule has 0 radical (unpaired) electrons. The number of aryl methyl sites for hydroxylation is 2. The van der Waals surface area contributed by atoms with E-state index in [1.165, 1.54) is 11.4 Å². The third-order valence-electron chi connectivity index (χ3n) is 2.72. The summed E-state index contributed by atoms with van der Waals surface area (Å²) in [5.41, 5.74) is 2.42. The van der Waals surface area contributed by atoms with E-state index in [1.54, 1.807) is 0 Å². The van der Waals surface area contributed by atoms with Gasteiger partial charge in [0.25, 0.3) is 0 Å². The molecule has 0 bridgehead atoms. The summed E-state index contributed by atoms with van der Waals surface area (Å²) >= 11 is 0. The molecule has 1 aromatic rings. The van der Waals surface area contributed by atoms with Gasteiger partial charge >= 0.3 is 0 Å². The lowest BCUT2D eigenvalue weighted by atomic mass is 10.3. The van der Waals surface area contributed by atoms with Crippen LogP contribution >= 0.6 is 0 Å². The van der Waals surface area contributed by atoms with Gasteiger partial charge in [0.05, 0.1) is 11.4 Å². The van der Waals surface area contributed by atoms with Gasteiger partial charge in [-0.05, 0) is 26.0 Å². The van der Waals surface area contributed by atoms with Gasteiger partial charge in [-0.2, -0.15) is 5.10 Å². The van der Waals surface area contributed by atoms with Crippen molar-refractivity contribution < 1.29 is 0 Å². The lowest BCUT2D eigenvalue weighted by molar-refractivity contribution is 0.496. The first-order valence-electron chi connectivity index (χ1n) is 6.13. The lowest BCUT2D eigenvalue weighted by Gasteiger charge is -2.13. The van der Waals surface area contributed by atoms with Crippen molar-refractivity contribution in [2.24, 2.45) is 7.05 Å². The van der Waals surface area contributed by atoms with Gasteiger partial charge in [0, 0.05) is 26.2 Å². The second-order valence-corrected chi connectivity index (χ2v) is 4.19. The summed E-state index contributed by atoms with van der Waals surface area (Å²) in [7, 11) is 2.01. The molecule has 1 aromatic heterocycles. The fourth-order valence-corrected chi connectivity index (χ4v) is 1.62. The van der Waals surface area contributed by atoms with Crippen molar-refractivity contribution in [1.82, 2.24) is 20.4 Å². The number of hydrogen-bond acceptors (Lipinski definition) is 3. The highest BCUT2D eigenvalue weighted by molar-refractivity contribution is 5.09. The van der Waals surface area contributed by atoms with Gasteiger partial charge in [-0.1, -0.05) is 13.8 Å². The molecule has 16 heavy (non-hydrogen) atoms. The van der Waals surface area contributed by atoms with Crippen molar-refractivity contribution in [1.29, 1.82) is 0 Å². The summed E-state index contributed by atoms with van der Waals surface area (Å²) in [6.07, 6.45) is 1.00. The molecule has 1 atom stereocenters. The Labute approximate surface area is 98.4 Å². The van der Waals surface area contributed by atoms with Gasteiger partial charge in [-0.3, -0.25) is 4.68 Å². The molecule has 0 aromatic carbocycles. The summed E-state index contributed by atoms with van der Waals surface area (Å²) < 4.78 is 1.96. The van der Waals surface area contributed by atoms with Crippen LogP contribution in [-0.2, 0) is 20.0 Å². The fraction of sp³-hybridized carbons (Fsp3) is 0.750. The molecule has 2 N–H and O–H groups in total. The third kappa shape index (κ3) is 3.94. The molecule has 0 aliphatic carbocycles. The normalized spacial score (nSPS) is 13.0. The van der Waals surface area contributed by atoms with Crippen LogP contribution in [0.1, 0.15) is 32.2 Å². The van der Waals surface area contributed by atoms with Gasteiger partial charge in [0.1, 0.15) is 0 Å². The van der Waals surface area contributed by atoms with E-state index in [9.17, 15) is 0 Å². The van der Waals surface area contributed by atoms with Crippen LogP contribution < -0.4 is 10.6 Å². The topological polar surface area (TPSA) is 41.9 Å². The Hall–Kier alpha value is -0.870. The second-order valence-electron chi connectivity index (χ2n) is 4.19. The van der Waals surface area contributed by atoms with E-state index in [-0.39, 0.29) is 0 Å². The van der Waals surface area contributed by atoms with Crippen LogP contribution in [0.2, 0.25) is 0 Å². The molecule has 1 heterocycles. The second kappa shape index (κ2) is 6.66. The number of rotatable bonds is 7. The molecule has 4 nitrogen and oxygen atoms in total. The molecule has 0 saturated carbocycles. The summed E-state index contributed by atoms with van der Waals surface area (Å²) in [4.78, 5) is 0. The number of nitrogens with one attached hydrogen (secondary N) is 2. The first-order valence-corrected chi connectivity index (χ1v) is 6.13. The summed E-state index contributed by atoms with van der Waals surface area (Å²) in [5, 5.41) is 11.2. The quantitative estimate of drug-likeness (QED) is 0.728. The molecule has 0 amide bonds. The van der Waals surface area contributed by atoms with Crippen LogP contribution in [0.3, 0.4) is 0 Å². The maximum absolute atomic E-state index is 4.43. The van der Waals surface area contributed by atoms with E-state index in [0.29, 0.717) is 6.04 Å². The number of aromatic nitrogens is 2. The van der Waals surface area contributed by atoms with Crippen LogP contribution in [0.15, 0.2) is 6.07 Å². The highest BCUT2D eigenvalue weighted by atomic mass is 15.3. The van der Waals surface area contributed by atoms with E-state index in [4.69, 9.17) is 0 Å². The highest BCUT2D eigenvalue weighted by Gasteiger charge is 2.05. The predicted molar refractivity (Wildman–Crippen MR) is 67.4 cm³/mol. The monoisotopic (exact) mass is 224 g/mol. The molecular formula is C12H24N4. The summed E-state index contributed by atoms with van der Waals surface area (Å²) in [6.45, 7) is 9.37. The maximum Gasteiger partial charge on any atom is 0.0625 e. The van der Waals surface area contributed by atoms with Crippen molar-refractivity contribution in [2.75, 3.05) is 13.1 Å². The summed E-state index contributed by atoms with van der Waals surface area (Å²) in [5.74, 6) is 0. The van der Waals surface area contributed by atoms with Crippen LogP contribution in [0.4, 0.5) is 0 Å². The molecule has 0 saturated heterocycles. The third-order valence-corrected chi connectivity index (χ3v) is 2.72. The standard InChI is InChI=1S/C12H24N4/c1-5-11-7-12(16(4)15-11)9-14-10(3)8-13-6-2/h7,10,13-14H,5-6,8-9H2,1-4H3. The van der Waals surface area contributed by atoms with Crippen LogP contribution in [0, 0.1) is 0 Å². The number of likely N-dealkylation sites (N-methyl/N-ethyl adjacent to an activating group) is 1. The Morgan fingerprint density at radius 2 is 2.19 bits per heavy atom. The summed E-state index contributed by atoms with van der Waals surface area (Å²) in [6, 6.07) is 2.66. The van der Waals surface area contributed by atoms with E-state index < -0.39 is 0 Å². The minimum absolute atomic E-state index is 0.486. The molecule has 92 valence electrons.